The lowest BCUT2D eigenvalue weighted by Crippen LogP contribution is -2.03. The SMILES string of the molecule is Cc1cc(C)c2c(=O)cc(-c3ccc(C)c(C)c3)oc2c1. The predicted molar refractivity (Wildman–Crippen MR) is 86.9 cm³/mol. The summed E-state index contributed by atoms with van der Waals surface area (Å²) in [4.78, 5) is 12.4. The number of rotatable bonds is 1. The van der Waals surface area contributed by atoms with Crippen molar-refractivity contribution in [2.45, 2.75) is 27.7 Å². The van der Waals surface area contributed by atoms with Gasteiger partial charge < -0.3 is 4.42 Å². The third-order valence-electron chi connectivity index (χ3n) is 3.96. The van der Waals surface area contributed by atoms with E-state index in [1.165, 1.54) is 11.1 Å². The summed E-state index contributed by atoms with van der Waals surface area (Å²) in [7, 11) is 0. The van der Waals surface area contributed by atoms with Gasteiger partial charge in [-0.2, -0.15) is 0 Å². The Morgan fingerprint density at radius 1 is 0.810 bits per heavy atom. The van der Waals surface area contributed by atoms with Crippen LogP contribution in [0.1, 0.15) is 22.3 Å². The van der Waals surface area contributed by atoms with Crippen molar-refractivity contribution in [3.8, 4) is 11.3 Å². The van der Waals surface area contributed by atoms with E-state index in [2.05, 4.69) is 26.0 Å². The van der Waals surface area contributed by atoms with Crippen molar-refractivity contribution in [2.24, 2.45) is 0 Å². The van der Waals surface area contributed by atoms with Gasteiger partial charge in [-0.25, -0.2) is 0 Å². The first-order valence-corrected chi connectivity index (χ1v) is 7.08. The van der Waals surface area contributed by atoms with Gasteiger partial charge in [0.2, 0.25) is 0 Å². The lowest BCUT2D eigenvalue weighted by Gasteiger charge is -2.08. The maximum Gasteiger partial charge on any atom is 0.193 e. The summed E-state index contributed by atoms with van der Waals surface area (Å²) in [6, 6.07) is 11.6. The van der Waals surface area contributed by atoms with Crippen LogP contribution in [-0.2, 0) is 0 Å². The molecule has 2 nitrogen and oxygen atoms in total. The predicted octanol–water partition coefficient (Wildman–Crippen LogP) is 4.69. The normalized spacial score (nSPS) is 11.0. The zero-order valence-corrected chi connectivity index (χ0v) is 12.8. The quantitative estimate of drug-likeness (QED) is 0.646. The largest absolute Gasteiger partial charge is 0.456 e. The molecule has 3 rings (SSSR count). The molecule has 0 bridgehead atoms. The molecule has 0 saturated heterocycles. The highest BCUT2D eigenvalue weighted by molar-refractivity contribution is 5.82. The van der Waals surface area contributed by atoms with Gasteiger partial charge in [0.05, 0.1) is 5.39 Å². The van der Waals surface area contributed by atoms with E-state index < -0.39 is 0 Å². The van der Waals surface area contributed by atoms with Gasteiger partial charge in [-0.1, -0.05) is 18.2 Å². The van der Waals surface area contributed by atoms with Crippen molar-refractivity contribution >= 4 is 11.0 Å². The molecule has 0 atom stereocenters. The minimum absolute atomic E-state index is 0.0157. The fraction of sp³-hybridized carbons (Fsp3) is 0.211. The Morgan fingerprint density at radius 3 is 2.29 bits per heavy atom. The highest BCUT2D eigenvalue weighted by atomic mass is 16.3. The Labute approximate surface area is 124 Å². The first-order chi connectivity index (χ1) is 9.95. The summed E-state index contributed by atoms with van der Waals surface area (Å²) in [5.74, 6) is 0.626. The Bertz CT molecular complexity index is 901. The molecule has 1 heterocycles. The molecule has 0 fully saturated rings. The van der Waals surface area contributed by atoms with Gasteiger partial charge >= 0.3 is 0 Å². The molecule has 106 valence electrons. The molecule has 21 heavy (non-hydrogen) atoms. The number of hydrogen-bond acceptors (Lipinski definition) is 2. The van der Waals surface area contributed by atoms with Crippen molar-refractivity contribution in [2.75, 3.05) is 0 Å². The Morgan fingerprint density at radius 2 is 1.57 bits per heavy atom. The van der Waals surface area contributed by atoms with Crippen molar-refractivity contribution in [1.29, 1.82) is 0 Å². The number of hydrogen-bond donors (Lipinski definition) is 0. The maximum atomic E-state index is 12.4. The smallest absolute Gasteiger partial charge is 0.193 e. The monoisotopic (exact) mass is 278 g/mol. The average Bonchev–Trinajstić information content (AvgIpc) is 2.40. The molecule has 0 radical (unpaired) electrons. The Hall–Kier alpha value is -2.35. The second-order valence-corrected chi connectivity index (χ2v) is 5.73. The molecule has 0 spiro atoms. The van der Waals surface area contributed by atoms with E-state index in [1.807, 2.05) is 32.0 Å². The van der Waals surface area contributed by atoms with Crippen LogP contribution in [0.5, 0.6) is 0 Å². The molecule has 0 saturated carbocycles. The molecule has 0 aliphatic rings. The molecular weight excluding hydrogens is 260 g/mol. The van der Waals surface area contributed by atoms with Crippen molar-refractivity contribution < 1.29 is 4.42 Å². The van der Waals surface area contributed by atoms with Crippen LogP contribution in [-0.4, -0.2) is 0 Å². The van der Waals surface area contributed by atoms with Crippen molar-refractivity contribution in [3.63, 3.8) is 0 Å². The van der Waals surface area contributed by atoms with E-state index in [4.69, 9.17) is 4.42 Å². The summed E-state index contributed by atoms with van der Waals surface area (Å²) >= 11 is 0. The third-order valence-corrected chi connectivity index (χ3v) is 3.96. The standard InChI is InChI=1S/C19H18O2/c1-11-7-14(4)19-16(20)10-17(21-18(19)8-11)15-6-5-12(2)13(3)9-15/h5-10H,1-4H3. The first-order valence-electron chi connectivity index (χ1n) is 7.08. The fourth-order valence-electron chi connectivity index (χ4n) is 2.70. The van der Waals surface area contributed by atoms with Gasteiger partial charge in [-0.05, 0) is 62.1 Å². The molecule has 2 aromatic carbocycles. The molecule has 1 aromatic heterocycles. The van der Waals surface area contributed by atoms with Crippen LogP contribution >= 0.6 is 0 Å². The molecule has 0 unspecified atom stereocenters. The summed E-state index contributed by atoms with van der Waals surface area (Å²) in [5.41, 5.74) is 6.10. The van der Waals surface area contributed by atoms with Crippen LogP contribution < -0.4 is 5.43 Å². The van der Waals surface area contributed by atoms with Crippen molar-refractivity contribution in [3.05, 3.63) is 68.9 Å². The topological polar surface area (TPSA) is 30.2 Å². The van der Waals surface area contributed by atoms with E-state index in [0.29, 0.717) is 16.7 Å². The van der Waals surface area contributed by atoms with Gasteiger partial charge in [0.15, 0.2) is 5.43 Å². The Balaban J connectivity index is 2.29. The maximum absolute atomic E-state index is 12.4. The second kappa shape index (κ2) is 4.88. The summed E-state index contributed by atoms with van der Waals surface area (Å²) in [6.07, 6.45) is 0. The van der Waals surface area contributed by atoms with Crippen LogP contribution in [0.25, 0.3) is 22.3 Å². The molecule has 0 aliphatic heterocycles. The lowest BCUT2D eigenvalue weighted by molar-refractivity contribution is 0.618. The zero-order chi connectivity index (χ0) is 15.1. The van der Waals surface area contributed by atoms with Gasteiger partial charge in [0, 0.05) is 11.6 Å². The lowest BCUT2D eigenvalue weighted by atomic mass is 10.0. The molecule has 0 amide bonds. The van der Waals surface area contributed by atoms with Crippen LogP contribution in [0.3, 0.4) is 0 Å². The van der Waals surface area contributed by atoms with E-state index in [0.717, 1.165) is 16.7 Å². The molecule has 3 aromatic rings. The summed E-state index contributed by atoms with van der Waals surface area (Å²) in [6.45, 7) is 8.09. The van der Waals surface area contributed by atoms with Crippen molar-refractivity contribution in [1.82, 2.24) is 0 Å². The van der Waals surface area contributed by atoms with Gasteiger partial charge in [-0.15, -0.1) is 0 Å². The minimum atomic E-state index is 0.0157. The van der Waals surface area contributed by atoms with Gasteiger partial charge in [0.25, 0.3) is 0 Å². The highest BCUT2D eigenvalue weighted by Gasteiger charge is 2.10. The molecular formula is C19H18O2. The first kappa shape index (κ1) is 13.6. The molecule has 0 aliphatic carbocycles. The van der Waals surface area contributed by atoms with E-state index in [1.54, 1.807) is 6.07 Å². The van der Waals surface area contributed by atoms with Crippen LogP contribution in [0.4, 0.5) is 0 Å². The van der Waals surface area contributed by atoms with Crippen LogP contribution in [0, 0.1) is 27.7 Å². The number of fused-ring (bicyclic) bond motifs is 1. The second-order valence-electron chi connectivity index (χ2n) is 5.73. The fourth-order valence-corrected chi connectivity index (χ4v) is 2.70. The summed E-state index contributed by atoms with van der Waals surface area (Å²) in [5, 5.41) is 0.674. The average molecular weight is 278 g/mol. The molecule has 2 heteroatoms. The van der Waals surface area contributed by atoms with Gasteiger partial charge in [0.1, 0.15) is 11.3 Å². The van der Waals surface area contributed by atoms with E-state index in [9.17, 15) is 4.79 Å². The zero-order valence-electron chi connectivity index (χ0n) is 12.8. The Kier molecular flexibility index (Phi) is 3.17. The van der Waals surface area contributed by atoms with Gasteiger partial charge in [-0.3, -0.25) is 4.79 Å². The van der Waals surface area contributed by atoms with Crippen LogP contribution in [0.2, 0.25) is 0 Å². The third kappa shape index (κ3) is 2.38. The summed E-state index contributed by atoms with van der Waals surface area (Å²) < 4.78 is 5.99. The van der Waals surface area contributed by atoms with E-state index >= 15 is 0 Å². The van der Waals surface area contributed by atoms with Crippen LogP contribution in [0.15, 0.2) is 45.6 Å². The van der Waals surface area contributed by atoms with E-state index in [-0.39, 0.29) is 5.43 Å². The molecule has 0 N–H and O–H groups in total. The highest BCUT2D eigenvalue weighted by Crippen LogP contribution is 2.26. The number of aryl methyl sites for hydroxylation is 4. The minimum Gasteiger partial charge on any atom is -0.456 e. The number of benzene rings is 2.